The molecule has 0 heterocycles. The average Bonchev–Trinajstić information content (AvgIpc) is 2.33. The Balaban J connectivity index is 2.41. The summed E-state index contributed by atoms with van der Waals surface area (Å²) in [6.07, 6.45) is 0. The standard InChI is InChI=1S/C16H18BrNO/c1-16(2,3)12-6-4-5-7-14(12)19-15-10-11(17)8-9-13(15)18/h4-10H,18H2,1-3H3. The van der Waals surface area contributed by atoms with Crippen molar-refractivity contribution >= 4 is 21.6 Å². The monoisotopic (exact) mass is 319 g/mol. The number of rotatable bonds is 2. The van der Waals surface area contributed by atoms with Gasteiger partial charge < -0.3 is 10.5 Å². The lowest BCUT2D eigenvalue weighted by atomic mass is 9.86. The summed E-state index contributed by atoms with van der Waals surface area (Å²) >= 11 is 3.43. The summed E-state index contributed by atoms with van der Waals surface area (Å²) in [5.41, 5.74) is 7.77. The van der Waals surface area contributed by atoms with E-state index in [1.165, 1.54) is 0 Å². The van der Waals surface area contributed by atoms with Crippen LogP contribution in [0.3, 0.4) is 0 Å². The van der Waals surface area contributed by atoms with Gasteiger partial charge >= 0.3 is 0 Å². The van der Waals surface area contributed by atoms with Crippen LogP contribution in [0.4, 0.5) is 5.69 Å². The molecule has 0 aliphatic carbocycles. The Labute approximate surface area is 122 Å². The zero-order chi connectivity index (χ0) is 14.0. The van der Waals surface area contributed by atoms with Crippen molar-refractivity contribution in [2.45, 2.75) is 26.2 Å². The molecule has 0 aliphatic rings. The SMILES string of the molecule is CC(C)(C)c1ccccc1Oc1cc(Br)ccc1N. The summed E-state index contributed by atoms with van der Waals surface area (Å²) in [5, 5.41) is 0. The molecular formula is C16H18BrNO. The van der Waals surface area contributed by atoms with Gasteiger partial charge in [-0.2, -0.15) is 0 Å². The molecule has 2 nitrogen and oxygen atoms in total. The molecule has 0 fully saturated rings. The second-order valence-electron chi connectivity index (χ2n) is 5.53. The molecule has 0 atom stereocenters. The van der Waals surface area contributed by atoms with Gasteiger partial charge in [0.05, 0.1) is 5.69 Å². The van der Waals surface area contributed by atoms with E-state index in [4.69, 9.17) is 10.5 Å². The van der Waals surface area contributed by atoms with E-state index in [-0.39, 0.29) is 5.41 Å². The van der Waals surface area contributed by atoms with E-state index in [0.717, 1.165) is 15.8 Å². The zero-order valence-electron chi connectivity index (χ0n) is 11.4. The van der Waals surface area contributed by atoms with Crippen molar-refractivity contribution in [3.63, 3.8) is 0 Å². The molecule has 0 saturated heterocycles. The smallest absolute Gasteiger partial charge is 0.151 e. The minimum atomic E-state index is 0.0252. The highest BCUT2D eigenvalue weighted by Gasteiger charge is 2.19. The third-order valence-corrected chi connectivity index (χ3v) is 3.38. The maximum absolute atomic E-state index is 5.99. The second kappa shape index (κ2) is 5.25. The first-order valence-corrected chi connectivity index (χ1v) is 6.99. The zero-order valence-corrected chi connectivity index (χ0v) is 13.0. The molecule has 0 spiro atoms. The summed E-state index contributed by atoms with van der Waals surface area (Å²) in [5.74, 6) is 1.52. The fraction of sp³-hybridized carbons (Fsp3) is 0.250. The Bertz CT molecular complexity index is 588. The summed E-state index contributed by atoms with van der Waals surface area (Å²) in [7, 11) is 0. The van der Waals surface area contributed by atoms with Crippen LogP contribution in [0.1, 0.15) is 26.3 Å². The van der Waals surface area contributed by atoms with Crippen LogP contribution in [-0.2, 0) is 5.41 Å². The Morgan fingerprint density at radius 1 is 1.00 bits per heavy atom. The molecule has 100 valence electrons. The molecule has 2 N–H and O–H groups in total. The maximum atomic E-state index is 5.99. The summed E-state index contributed by atoms with van der Waals surface area (Å²) in [6, 6.07) is 13.7. The molecule has 19 heavy (non-hydrogen) atoms. The van der Waals surface area contributed by atoms with E-state index in [9.17, 15) is 0 Å². The third-order valence-electron chi connectivity index (χ3n) is 2.89. The van der Waals surface area contributed by atoms with Gasteiger partial charge in [0.1, 0.15) is 5.75 Å². The first-order valence-electron chi connectivity index (χ1n) is 6.20. The Hall–Kier alpha value is -1.48. The van der Waals surface area contributed by atoms with Crippen molar-refractivity contribution in [1.29, 1.82) is 0 Å². The lowest BCUT2D eigenvalue weighted by Crippen LogP contribution is -2.12. The van der Waals surface area contributed by atoms with Crippen LogP contribution < -0.4 is 10.5 Å². The number of anilines is 1. The maximum Gasteiger partial charge on any atom is 0.151 e. The largest absolute Gasteiger partial charge is 0.455 e. The minimum Gasteiger partial charge on any atom is -0.455 e. The molecule has 0 bridgehead atoms. The quantitative estimate of drug-likeness (QED) is 0.779. The molecular weight excluding hydrogens is 302 g/mol. The fourth-order valence-electron chi connectivity index (χ4n) is 1.89. The molecule has 0 unspecified atom stereocenters. The van der Waals surface area contributed by atoms with Gasteiger partial charge in [0.25, 0.3) is 0 Å². The highest BCUT2D eigenvalue weighted by molar-refractivity contribution is 9.10. The summed E-state index contributed by atoms with van der Waals surface area (Å²) in [4.78, 5) is 0. The van der Waals surface area contributed by atoms with Crippen LogP contribution in [0.15, 0.2) is 46.9 Å². The van der Waals surface area contributed by atoms with Crippen molar-refractivity contribution < 1.29 is 4.74 Å². The fourth-order valence-corrected chi connectivity index (χ4v) is 2.23. The number of nitrogen functional groups attached to an aromatic ring is 1. The first kappa shape index (κ1) is 13.9. The van der Waals surface area contributed by atoms with Gasteiger partial charge in [0.2, 0.25) is 0 Å². The lowest BCUT2D eigenvalue weighted by molar-refractivity contribution is 0.457. The first-order chi connectivity index (χ1) is 8.88. The molecule has 2 aromatic carbocycles. The lowest BCUT2D eigenvalue weighted by Gasteiger charge is -2.22. The number of para-hydroxylation sites is 1. The molecule has 0 aliphatic heterocycles. The normalized spacial score (nSPS) is 11.4. The van der Waals surface area contributed by atoms with Crippen LogP contribution in [0.25, 0.3) is 0 Å². The Kier molecular flexibility index (Phi) is 3.85. The second-order valence-corrected chi connectivity index (χ2v) is 6.45. The molecule has 2 aromatic rings. The number of hydrogen-bond acceptors (Lipinski definition) is 2. The van der Waals surface area contributed by atoms with Crippen LogP contribution in [0.2, 0.25) is 0 Å². The summed E-state index contributed by atoms with van der Waals surface area (Å²) < 4.78 is 6.94. The molecule has 0 amide bonds. The van der Waals surface area contributed by atoms with Gasteiger partial charge in [0, 0.05) is 10.0 Å². The third kappa shape index (κ3) is 3.29. The average molecular weight is 320 g/mol. The van der Waals surface area contributed by atoms with Crippen molar-refractivity contribution in [1.82, 2.24) is 0 Å². The van der Waals surface area contributed by atoms with Crippen LogP contribution in [-0.4, -0.2) is 0 Å². The van der Waals surface area contributed by atoms with Crippen LogP contribution in [0.5, 0.6) is 11.5 Å². The number of halogens is 1. The van der Waals surface area contributed by atoms with Crippen molar-refractivity contribution in [3.05, 3.63) is 52.5 Å². The topological polar surface area (TPSA) is 35.2 Å². The van der Waals surface area contributed by atoms with Crippen LogP contribution in [0, 0.1) is 0 Å². The van der Waals surface area contributed by atoms with Gasteiger partial charge in [-0.05, 0) is 29.7 Å². The van der Waals surface area contributed by atoms with Gasteiger partial charge in [-0.15, -0.1) is 0 Å². The van der Waals surface area contributed by atoms with E-state index in [1.54, 1.807) is 0 Å². The van der Waals surface area contributed by atoms with Gasteiger partial charge in [-0.25, -0.2) is 0 Å². The van der Waals surface area contributed by atoms with E-state index < -0.39 is 0 Å². The molecule has 2 rings (SSSR count). The number of hydrogen-bond donors (Lipinski definition) is 1. The molecule has 0 saturated carbocycles. The van der Waals surface area contributed by atoms with E-state index in [0.29, 0.717) is 11.4 Å². The van der Waals surface area contributed by atoms with E-state index in [2.05, 4.69) is 42.8 Å². The molecule has 0 radical (unpaired) electrons. The highest BCUT2D eigenvalue weighted by atomic mass is 79.9. The number of nitrogens with two attached hydrogens (primary N) is 1. The van der Waals surface area contributed by atoms with E-state index in [1.807, 2.05) is 36.4 Å². The number of benzene rings is 2. The van der Waals surface area contributed by atoms with Crippen molar-refractivity contribution in [2.24, 2.45) is 0 Å². The summed E-state index contributed by atoms with van der Waals surface area (Å²) in [6.45, 7) is 6.50. The van der Waals surface area contributed by atoms with Gasteiger partial charge in [0.15, 0.2) is 5.75 Å². The Morgan fingerprint density at radius 3 is 2.37 bits per heavy atom. The Morgan fingerprint density at radius 2 is 1.68 bits per heavy atom. The van der Waals surface area contributed by atoms with Crippen LogP contribution >= 0.6 is 15.9 Å². The van der Waals surface area contributed by atoms with Gasteiger partial charge in [-0.1, -0.05) is 54.9 Å². The molecule has 0 aromatic heterocycles. The highest BCUT2D eigenvalue weighted by Crippen LogP contribution is 2.36. The number of ether oxygens (including phenoxy) is 1. The van der Waals surface area contributed by atoms with Crippen molar-refractivity contribution in [3.8, 4) is 11.5 Å². The minimum absolute atomic E-state index is 0.0252. The predicted molar refractivity (Wildman–Crippen MR) is 83.8 cm³/mol. The van der Waals surface area contributed by atoms with Crippen molar-refractivity contribution in [2.75, 3.05) is 5.73 Å². The van der Waals surface area contributed by atoms with Gasteiger partial charge in [-0.3, -0.25) is 0 Å². The molecule has 3 heteroatoms. The van der Waals surface area contributed by atoms with E-state index >= 15 is 0 Å². The predicted octanol–water partition coefficient (Wildman–Crippen LogP) is 5.12.